The molecule has 2 aromatic carbocycles. The second-order valence-corrected chi connectivity index (χ2v) is 11.3. The van der Waals surface area contributed by atoms with Gasteiger partial charge in [0, 0.05) is 21.8 Å². The van der Waals surface area contributed by atoms with E-state index in [1.54, 1.807) is 6.92 Å². The molecule has 0 N–H and O–H groups in total. The number of rotatable bonds is 4. The van der Waals surface area contributed by atoms with Crippen molar-refractivity contribution in [1.82, 2.24) is 4.98 Å². The normalized spacial score (nSPS) is 21.3. The van der Waals surface area contributed by atoms with Crippen LogP contribution in [-0.2, 0) is 0 Å². The molecule has 168 valence electrons. The van der Waals surface area contributed by atoms with E-state index < -0.39 is 0 Å². The number of allylic oxidation sites excluding steroid dienone is 1. The fourth-order valence-electron chi connectivity index (χ4n) is 4.72. The molecule has 3 aromatic rings. The quantitative estimate of drug-likeness (QED) is 0.292. The summed E-state index contributed by atoms with van der Waals surface area (Å²) < 4.78 is 2.13. The highest BCUT2D eigenvalue weighted by Crippen LogP contribution is 2.47. The van der Waals surface area contributed by atoms with Gasteiger partial charge in [-0.3, -0.25) is 4.79 Å². The molecule has 1 saturated carbocycles. The molecule has 1 aliphatic carbocycles. The summed E-state index contributed by atoms with van der Waals surface area (Å²) in [7, 11) is 0. The van der Waals surface area contributed by atoms with E-state index in [9.17, 15) is 4.79 Å². The first-order valence-corrected chi connectivity index (χ1v) is 13.4. The second kappa shape index (κ2) is 9.28. The van der Waals surface area contributed by atoms with Crippen LogP contribution in [0.5, 0.6) is 0 Å². The van der Waals surface area contributed by atoms with Crippen molar-refractivity contribution in [2.45, 2.75) is 39.2 Å². The highest BCUT2D eigenvalue weighted by Gasteiger charge is 2.43. The highest BCUT2D eigenvalue weighted by molar-refractivity contribution is 9.10. The molecule has 2 atom stereocenters. The van der Waals surface area contributed by atoms with Gasteiger partial charge in [-0.15, -0.1) is 0 Å². The van der Waals surface area contributed by atoms with Gasteiger partial charge in [0.2, 0.25) is 5.13 Å². The van der Waals surface area contributed by atoms with Crippen molar-refractivity contribution in [1.29, 1.82) is 0 Å². The second-order valence-electron chi connectivity index (χ2n) is 8.51. The number of thiazole rings is 1. The van der Waals surface area contributed by atoms with Gasteiger partial charge in [0.25, 0.3) is 0 Å². The third-order valence-corrected chi connectivity index (χ3v) is 8.53. The molecule has 1 aliphatic heterocycles. The van der Waals surface area contributed by atoms with Crippen LogP contribution in [0, 0.1) is 12.8 Å². The molecule has 2 heterocycles. The first-order valence-electron chi connectivity index (χ1n) is 11.0. The van der Waals surface area contributed by atoms with E-state index in [2.05, 4.69) is 91.5 Å². The van der Waals surface area contributed by atoms with Crippen LogP contribution in [0.2, 0.25) is 0 Å². The number of nitrogens with zero attached hydrogens (tertiary/aromatic N) is 3. The smallest absolute Gasteiger partial charge is 0.207 e. The zero-order valence-electron chi connectivity index (χ0n) is 18.4. The van der Waals surface area contributed by atoms with E-state index in [1.165, 1.54) is 28.0 Å². The maximum Gasteiger partial charge on any atom is 0.207 e. The molecule has 33 heavy (non-hydrogen) atoms. The summed E-state index contributed by atoms with van der Waals surface area (Å²) in [6.45, 7) is 3.51. The monoisotopic (exact) mass is 583 g/mol. The van der Waals surface area contributed by atoms with E-state index in [1.807, 2.05) is 6.92 Å². The van der Waals surface area contributed by atoms with Crippen molar-refractivity contribution in [3.63, 3.8) is 0 Å². The number of hydrogen-bond acceptors (Lipinski definition) is 5. The van der Waals surface area contributed by atoms with Gasteiger partial charge in [-0.2, -0.15) is 5.10 Å². The van der Waals surface area contributed by atoms with Crippen molar-refractivity contribution >= 4 is 65.9 Å². The van der Waals surface area contributed by atoms with Gasteiger partial charge in [-0.25, -0.2) is 9.99 Å². The number of aryl methyl sites for hydroxylation is 1. The van der Waals surface area contributed by atoms with Crippen LogP contribution >= 0.6 is 43.2 Å². The van der Waals surface area contributed by atoms with Gasteiger partial charge in [-0.05, 0) is 73.2 Å². The molecule has 4 nitrogen and oxygen atoms in total. The van der Waals surface area contributed by atoms with Crippen LogP contribution < -0.4 is 5.01 Å². The lowest BCUT2D eigenvalue weighted by atomic mass is 9.77. The molecule has 7 heteroatoms. The minimum absolute atomic E-state index is 0.0523. The average molecular weight is 585 g/mol. The number of fused-ring (bicyclic) bond motifs is 1. The van der Waals surface area contributed by atoms with Crippen LogP contribution in [0.25, 0.3) is 6.08 Å². The summed E-state index contributed by atoms with van der Waals surface area (Å²) in [6.07, 6.45) is 5.50. The fraction of sp³-hybridized carbons (Fsp3) is 0.269. The molecular formula is C26H23Br2N3OS. The van der Waals surface area contributed by atoms with Crippen LogP contribution in [0.3, 0.4) is 0 Å². The molecule has 0 radical (unpaired) electrons. The van der Waals surface area contributed by atoms with E-state index in [4.69, 9.17) is 10.1 Å². The Morgan fingerprint density at radius 3 is 2.39 bits per heavy atom. The largest absolute Gasteiger partial charge is 0.294 e. The Morgan fingerprint density at radius 2 is 1.76 bits per heavy atom. The zero-order chi connectivity index (χ0) is 23.1. The van der Waals surface area contributed by atoms with Crippen molar-refractivity contribution in [3.8, 4) is 0 Å². The molecule has 2 aliphatic rings. The van der Waals surface area contributed by atoms with Crippen molar-refractivity contribution in [2.75, 3.05) is 5.01 Å². The summed E-state index contributed by atoms with van der Waals surface area (Å²) in [4.78, 5) is 17.6. The maximum atomic E-state index is 12.1. The predicted octanol–water partition coefficient (Wildman–Crippen LogP) is 7.98. The molecule has 1 aromatic heterocycles. The van der Waals surface area contributed by atoms with Crippen molar-refractivity contribution in [3.05, 3.63) is 84.7 Å². The van der Waals surface area contributed by atoms with Gasteiger partial charge < -0.3 is 0 Å². The van der Waals surface area contributed by atoms with Gasteiger partial charge >= 0.3 is 0 Å². The lowest BCUT2D eigenvalue weighted by Gasteiger charge is -2.29. The fourth-order valence-corrected chi connectivity index (χ4v) is 6.20. The topological polar surface area (TPSA) is 45.6 Å². The molecule has 0 bridgehead atoms. The predicted molar refractivity (Wildman–Crippen MR) is 143 cm³/mol. The summed E-state index contributed by atoms with van der Waals surface area (Å²) in [6, 6.07) is 17.0. The Balaban J connectivity index is 1.60. The number of carbonyl (C=O) groups excluding carboxylic acids is 1. The lowest BCUT2D eigenvalue weighted by Crippen LogP contribution is -2.28. The Morgan fingerprint density at radius 1 is 1.09 bits per heavy atom. The van der Waals surface area contributed by atoms with E-state index in [-0.39, 0.29) is 17.7 Å². The average Bonchev–Trinajstić information content (AvgIpc) is 3.37. The molecule has 2 unspecified atom stereocenters. The number of Topliss-reactive ketones (excluding diaryl/α,β-unsaturated/α-hetero) is 1. The van der Waals surface area contributed by atoms with E-state index >= 15 is 0 Å². The number of anilines is 1. The first-order chi connectivity index (χ1) is 15.9. The number of ketones is 1. The number of hydrazone groups is 1. The highest BCUT2D eigenvalue weighted by atomic mass is 79.9. The minimum atomic E-state index is 0.0523. The molecule has 0 saturated heterocycles. The summed E-state index contributed by atoms with van der Waals surface area (Å²) in [5.41, 5.74) is 5.61. The SMILES string of the molecule is CC(=O)c1sc(N2N=C3/C(=C/c4ccc(Br)cc4)CCCC3C2c2ccc(Br)cc2)nc1C. The third kappa shape index (κ3) is 4.51. The molecule has 5 rings (SSSR count). The minimum Gasteiger partial charge on any atom is -0.294 e. The van der Waals surface area contributed by atoms with Gasteiger partial charge in [0.15, 0.2) is 5.78 Å². The zero-order valence-corrected chi connectivity index (χ0v) is 22.4. The Labute approximate surface area is 214 Å². The Bertz CT molecular complexity index is 1260. The van der Waals surface area contributed by atoms with Gasteiger partial charge in [0.1, 0.15) is 0 Å². The summed E-state index contributed by atoms with van der Waals surface area (Å²) in [5, 5.41) is 8.02. The van der Waals surface area contributed by atoms with E-state index in [0.29, 0.717) is 4.88 Å². The standard InChI is InChI=1S/C26H23Br2N3OS/c1-15-25(16(2)32)33-26(29-15)31-24(18-8-12-21(28)13-9-18)22-5-3-4-19(23(22)30-31)14-17-6-10-20(27)11-7-17/h6-14,22,24H,3-5H2,1-2H3/b19-14+. The Kier molecular flexibility index (Phi) is 6.38. The summed E-state index contributed by atoms with van der Waals surface area (Å²) in [5.74, 6) is 0.336. The third-order valence-electron chi connectivity index (χ3n) is 6.23. The van der Waals surface area contributed by atoms with Crippen LogP contribution in [0.4, 0.5) is 5.13 Å². The van der Waals surface area contributed by atoms with Crippen molar-refractivity contribution < 1.29 is 4.79 Å². The van der Waals surface area contributed by atoms with Crippen molar-refractivity contribution in [2.24, 2.45) is 11.0 Å². The first kappa shape index (κ1) is 22.7. The number of aromatic nitrogens is 1. The van der Waals surface area contributed by atoms with Crippen LogP contribution in [-0.4, -0.2) is 16.5 Å². The number of carbonyl (C=O) groups is 1. The maximum absolute atomic E-state index is 12.1. The molecule has 0 spiro atoms. The molecule has 1 fully saturated rings. The number of benzene rings is 2. The molecule has 0 amide bonds. The molecular weight excluding hydrogens is 562 g/mol. The number of hydrogen-bond donors (Lipinski definition) is 0. The lowest BCUT2D eigenvalue weighted by molar-refractivity contribution is 0.102. The van der Waals surface area contributed by atoms with Gasteiger partial charge in [-0.1, -0.05) is 67.5 Å². The van der Waals surface area contributed by atoms with Gasteiger partial charge in [0.05, 0.1) is 22.3 Å². The Hall–Kier alpha value is -2.09. The summed E-state index contributed by atoms with van der Waals surface area (Å²) >= 11 is 8.53. The van der Waals surface area contributed by atoms with E-state index in [0.717, 1.165) is 44.7 Å². The van der Waals surface area contributed by atoms with Crippen LogP contribution in [0.1, 0.15) is 58.7 Å². The number of halogens is 2. The van der Waals surface area contributed by atoms with Crippen LogP contribution in [0.15, 0.2) is 68.2 Å².